The number of nitrogens with one attached hydrogen (secondary N) is 2. The van der Waals surface area contributed by atoms with E-state index in [2.05, 4.69) is 26.0 Å². The highest BCUT2D eigenvalue weighted by molar-refractivity contribution is 6.34. The predicted molar refractivity (Wildman–Crippen MR) is 85.9 cm³/mol. The zero-order valence-corrected chi connectivity index (χ0v) is 13.1. The number of nitrogens with zero attached hydrogens (tertiary/aromatic N) is 3. The molecule has 0 aliphatic rings. The third kappa shape index (κ3) is 3.49. The number of hydrogen-bond donors (Lipinski definition) is 2. The van der Waals surface area contributed by atoms with Crippen molar-refractivity contribution in [3.63, 3.8) is 0 Å². The van der Waals surface area contributed by atoms with Gasteiger partial charge in [0.25, 0.3) is 5.91 Å². The van der Waals surface area contributed by atoms with Crippen molar-refractivity contribution in [1.82, 2.24) is 15.4 Å². The summed E-state index contributed by atoms with van der Waals surface area (Å²) in [6.45, 7) is 1.76. The highest BCUT2D eigenvalue weighted by Crippen LogP contribution is 2.20. The Morgan fingerprint density at radius 2 is 1.92 bits per heavy atom. The van der Waals surface area contributed by atoms with Crippen LogP contribution in [-0.2, 0) is 0 Å². The lowest BCUT2D eigenvalue weighted by Crippen LogP contribution is -2.15. The smallest absolute Gasteiger partial charge is 0.261 e. The number of amides is 1. The molecule has 7 nitrogen and oxygen atoms in total. The summed E-state index contributed by atoms with van der Waals surface area (Å²) in [5, 5.41) is 16.8. The van der Waals surface area contributed by atoms with Crippen LogP contribution in [-0.4, -0.2) is 21.3 Å². The van der Waals surface area contributed by atoms with Gasteiger partial charge in [0.2, 0.25) is 0 Å². The predicted octanol–water partition coefficient (Wildman–Crippen LogP) is 3.56. The molecule has 0 saturated carbocycles. The molecule has 0 spiro atoms. The van der Waals surface area contributed by atoms with Crippen molar-refractivity contribution in [2.45, 2.75) is 6.92 Å². The van der Waals surface area contributed by atoms with Crippen LogP contribution in [0.1, 0.15) is 16.1 Å². The summed E-state index contributed by atoms with van der Waals surface area (Å²) in [7, 11) is 0. The Morgan fingerprint density at radius 1 is 1.17 bits per heavy atom. The molecule has 3 rings (SSSR count). The van der Waals surface area contributed by atoms with E-state index in [4.69, 9.17) is 16.1 Å². The van der Waals surface area contributed by atoms with Crippen molar-refractivity contribution in [2.24, 2.45) is 0 Å². The first-order valence-corrected chi connectivity index (χ1v) is 7.20. The average molecular weight is 348 g/mol. The molecule has 1 aromatic carbocycles. The lowest BCUT2D eigenvalue weighted by atomic mass is 10.2. The van der Waals surface area contributed by atoms with Crippen LogP contribution in [0.2, 0.25) is 5.02 Å². The Labute approximate surface area is 140 Å². The monoisotopic (exact) mass is 347 g/mol. The summed E-state index contributed by atoms with van der Waals surface area (Å²) in [5.41, 5.74) is -0.249. The second kappa shape index (κ2) is 6.63. The van der Waals surface area contributed by atoms with Crippen LogP contribution in [0.15, 0.2) is 40.9 Å². The fraction of sp³-hybridized carbons (Fsp3) is 0.0667. The molecule has 24 heavy (non-hydrogen) atoms. The molecule has 122 valence electrons. The van der Waals surface area contributed by atoms with Crippen LogP contribution in [0.3, 0.4) is 0 Å². The summed E-state index contributed by atoms with van der Waals surface area (Å²) in [5.74, 6) is 0.271. The largest absolute Gasteiger partial charge is 0.360 e. The van der Waals surface area contributed by atoms with Crippen molar-refractivity contribution in [2.75, 3.05) is 10.6 Å². The second-order valence-corrected chi connectivity index (χ2v) is 5.21. The Bertz CT molecular complexity index is 862. The number of aromatic nitrogens is 3. The number of carbonyl (C=O) groups excluding carboxylic acids is 1. The van der Waals surface area contributed by atoms with E-state index in [0.717, 1.165) is 6.07 Å². The van der Waals surface area contributed by atoms with Gasteiger partial charge in [-0.15, -0.1) is 10.2 Å². The molecule has 3 aromatic rings. The van der Waals surface area contributed by atoms with Crippen LogP contribution in [0.25, 0.3) is 0 Å². The molecule has 0 radical (unpaired) electrons. The number of halogens is 2. The van der Waals surface area contributed by atoms with Gasteiger partial charge in [0.15, 0.2) is 17.5 Å². The molecule has 0 bridgehead atoms. The van der Waals surface area contributed by atoms with E-state index in [1.165, 1.54) is 18.2 Å². The van der Waals surface area contributed by atoms with Crippen LogP contribution in [0.4, 0.5) is 21.8 Å². The maximum Gasteiger partial charge on any atom is 0.261 e. The number of carbonyl (C=O) groups is 1. The fourth-order valence-electron chi connectivity index (χ4n) is 1.92. The van der Waals surface area contributed by atoms with Gasteiger partial charge in [0, 0.05) is 6.07 Å². The molecule has 0 saturated heterocycles. The minimum absolute atomic E-state index is 0.0140. The van der Waals surface area contributed by atoms with Gasteiger partial charge in [0.1, 0.15) is 11.6 Å². The van der Waals surface area contributed by atoms with Gasteiger partial charge < -0.3 is 15.2 Å². The molecule has 2 heterocycles. The third-order valence-electron chi connectivity index (χ3n) is 2.98. The lowest BCUT2D eigenvalue weighted by Gasteiger charge is -2.07. The molecule has 2 aromatic heterocycles. The normalized spacial score (nSPS) is 10.5. The standard InChI is InChI=1S/C15H11ClFN5O2/c1-8-7-13(22-24-8)18-11-5-6-12(21-20-11)19-15(23)14-9(16)3-2-4-10(14)17/h2-7H,1H3,(H,18,20,22)(H,19,21,23). The lowest BCUT2D eigenvalue weighted by molar-refractivity contribution is 0.102. The van der Waals surface area contributed by atoms with E-state index in [9.17, 15) is 9.18 Å². The molecule has 0 aliphatic carbocycles. The minimum atomic E-state index is -0.715. The number of benzene rings is 1. The van der Waals surface area contributed by atoms with E-state index in [0.29, 0.717) is 17.4 Å². The van der Waals surface area contributed by atoms with Gasteiger partial charge in [0.05, 0.1) is 10.6 Å². The van der Waals surface area contributed by atoms with Gasteiger partial charge in [-0.3, -0.25) is 4.79 Å². The SMILES string of the molecule is Cc1cc(Nc2ccc(NC(=O)c3c(F)cccc3Cl)nn2)no1. The fourth-order valence-corrected chi connectivity index (χ4v) is 2.16. The maximum atomic E-state index is 13.7. The van der Waals surface area contributed by atoms with Crippen LogP contribution in [0, 0.1) is 12.7 Å². The first kappa shape index (κ1) is 15.9. The van der Waals surface area contributed by atoms with Crippen LogP contribution >= 0.6 is 11.6 Å². The van der Waals surface area contributed by atoms with E-state index in [1.807, 2.05) is 0 Å². The van der Waals surface area contributed by atoms with Gasteiger partial charge in [-0.25, -0.2) is 4.39 Å². The van der Waals surface area contributed by atoms with Gasteiger partial charge in [-0.05, 0) is 31.2 Å². The Hall–Kier alpha value is -3.00. The molecular formula is C15H11ClFN5O2. The molecule has 1 amide bonds. The van der Waals surface area contributed by atoms with Crippen molar-refractivity contribution in [3.8, 4) is 0 Å². The molecule has 9 heteroatoms. The number of hydrogen-bond acceptors (Lipinski definition) is 6. The second-order valence-electron chi connectivity index (χ2n) is 4.80. The zero-order chi connectivity index (χ0) is 17.1. The van der Waals surface area contributed by atoms with Crippen LogP contribution in [0.5, 0.6) is 0 Å². The van der Waals surface area contributed by atoms with Crippen molar-refractivity contribution in [3.05, 3.63) is 58.6 Å². The summed E-state index contributed by atoms with van der Waals surface area (Å²) in [6.07, 6.45) is 0. The quantitative estimate of drug-likeness (QED) is 0.749. The summed E-state index contributed by atoms with van der Waals surface area (Å²) in [4.78, 5) is 12.1. The highest BCUT2D eigenvalue weighted by atomic mass is 35.5. The zero-order valence-electron chi connectivity index (χ0n) is 12.4. The van der Waals surface area contributed by atoms with E-state index < -0.39 is 11.7 Å². The molecule has 0 unspecified atom stereocenters. The molecular weight excluding hydrogens is 337 g/mol. The highest BCUT2D eigenvalue weighted by Gasteiger charge is 2.16. The minimum Gasteiger partial charge on any atom is -0.360 e. The molecule has 0 aliphatic heterocycles. The Morgan fingerprint density at radius 3 is 2.54 bits per heavy atom. The summed E-state index contributed by atoms with van der Waals surface area (Å²) in [6, 6.07) is 8.78. The van der Waals surface area contributed by atoms with E-state index >= 15 is 0 Å². The van der Waals surface area contributed by atoms with Gasteiger partial charge >= 0.3 is 0 Å². The number of anilines is 3. The molecule has 0 fully saturated rings. The van der Waals surface area contributed by atoms with Gasteiger partial charge in [-0.1, -0.05) is 22.8 Å². The third-order valence-corrected chi connectivity index (χ3v) is 3.30. The Kier molecular flexibility index (Phi) is 4.39. The maximum absolute atomic E-state index is 13.7. The van der Waals surface area contributed by atoms with Crippen molar-refractivity contribution < 1.29 is 13.7 Å². The summed E-state index contributed by atoms with van der Waals surface area (Å²) >= 11 is 5.85. The Balaban J connectivity index is 1.71. The first-order valence-electron chi connectivity index (χ1n) is 6.82. The molecule has 2 N–H and O–H groups in total. The van der Waals surface area contributed by atoms with Crippen molar-refractivity contribution in [1.29, 1.82) is 0 Å². The van der Waals surface area contributed by atoms with E-state index in [-0.39, 0.29) is 16.4 Å². The molecule has 0 atom stereocenters. The summed E-state index contributed by atoms with van der Waals surface area (Å²) < 4.78 is 18.6. The van der Waals surface area contributed by atoms with E-state index in [1.54, 1.807) is 19.1 Å². The van der Waals surface area contributed by atoms with Crippen LogP contribution < -0.4 is 10.6 Å². The average Bonchev–Trinajstić information content (AvgIpc) is 2.94. The number of aryl methyl sites for hydroxylation is 1. The first-order chi connectivity index (χ1) is 11.5. The van der Waals surface area contributed by atoms with Crippen molar-refractivity contribution >= 4 is 35.0 Å². The van der Waals surface area contributed by atoms with Gasteiger partial charge in [-0.2, -0.15) is 0 Å². The topological polar surface area (TPSA) is 92.9 Å². The number of rotatable bonds is 4.